The Morgan fingerprint density at radius 2 is 1.55 bits per heavy atom. The fourth-order valence-electron chi connectivity index (χ4n) is 2.33. The fourth-order valence-corrected chi connectivity index (χ4v) is 2.33. The maximum atomic E-state index is 12.1. The number of esters is 1. The largest absolute Gasteiger partial charge is 0.573 e. The summed E-state index contributed by atoms with van der Waals surface area (Å²) in [6, 6.07) is 10.9. The second-order valence-corrected chi connectivity index (χ2v) is 6.37. The lowest BCUT2D eigenvalue weighted by Crippen LogP contribution is -2.30. The second-order valence-electron chi connectivity index (χ2n) is 6.37. The van der Waals surface area contributed by atoms with E-state index in [1.54, 1.807) is 24.3 Å². The summed E-state index contributed by atoms with van der Waals surface area (Å²) in [6.07, 6.45) is -6.06. The highest BCUT2D eigenvalue weighted by Crippen LogP contribution is 2.24. The fraction of sp³-hybridized carbons (Fsp3) is 0.286. The number of Topliss-reactive ketones (excluding diaryl/α,β-unsaturated/α-hetero) is 1. The van der Waals surface area contributed by atoms with Crippen molar-refractivity contribution in [3.05, 3.63) is 54.1 Å². The topological polar surface area (TPSA) is 90.9 Å². The Hall–Kier alpha value is -3.56. The standard InChI is InChI=1S/C21H20F3NO6/c1-13(26)15-3-7-17(8-4-15)29-12-11-19(27)30-14(2)20(28)25-16-5-9-18(10-6-16)31-21(22,23)24/h3-10,14H,11-12H2,1-2H3,(H,25,28). The van der Waals surface area contributed by atoms with E-state index in [1.807, 2.05) is 0 Å². The number of carbonyl (C=O) groups is 3. The van der Waals surface area contributed by atoms with Gasteiger partial charge in [0.25, 0.3) is 5.91 Å². The first kappa shape index (κ1) is 23.7. The Kier molecular flexibility index (Phi) is 8.00. The van der Waals surface area contributed by atoms with Gasteiger partial charge in [-0.15, -0.1) is 13.2 Å². The van der Waals surface area contributed by atoms with E-state index in [4.69, 9.17) is 9.47 Å². The molecule has 166 valence electrons. The average Bonchev–Trinajstić information content (AvgIpc) is 2.68. The first-order chi connectivity index (χ1) is 14.5. The van der Waals surface area contributed by atoms with Gasteiger partial charge in [0.2, 0.25) is 0 Å². The van der Waals surface area contributed by atoms with Crippen molar-refractivity contribution >= 4 is 23.3 Å². The number of amides is 1. The van der Waals surface area contributed by atoms with Gasteiger partial charge in [-0.3, -0.25) is 14.4 Å². The van der Waals surface area contributed by atoms with Gasteiger partial charge < -0.3 is 19.5 Å². The van der Waals surface area contributed by atoms with Crippen molar-refractivity contribution in [1.29, 1.82) is 0 Å². The maximum Gasteiger partial charge on any atom is 0.573 e. The van der Waals surface area contributed by atoms with Crippen molar-refractivity contribution < 1.29 is 41.8 Å². The van der Waals surface area contributed by atoms with E-state index >= 15 is 0 Å². The van der Waals surface area contributed by atoms with E-state index in [2.05, 4.69) is 10.1 Å². The quantitative estimate of drug-likeness (QED) is 0.467. The molecule has 2 aromatic rings. The lowest BCUT2D eigenvalue weighted by molar-refractivity contribution is -0.274. The molecule has 10 heteroatoms. The molecule has 0 aromatic heterocycles. The van der Waals surface area contributed by atoms with Gasteiger partial charge in [0.1, 0.15) is 11.5 Å². The minimum absolute atomic E-state index is 0.00720. The zero-order chi connectivity index (χ0) is 23.0. The van der Waals surface area contributed by atoms with E-state index in [9.17, 15) is 27.6 Å². The van der Waals surface area contributed by atoms with Crippen LogP contribution >= 0.6 is 0 Å². The van der Waals surface area contributed by atoms with E-state index in [0.717, 1.165) is 12.1 Å². The lowest BCUT2D eigenvalue weighted by atomic mass is 10.1. The highest BCUT2D eigenvalue weighted by molar-refractivity contribution is 5.95. The molecule has 7 nitrogen and oxygen atoms in total. The Balaban J connectivity index is 1.74. The minimum Gasteiger partial charge on any atom is -0.493 e. The zero-order valence-electron chi connectivity index (χ0n) is 16.7. The lowest BCUT2D eigenvalue weighted by Gasteiger charge is -2.14. The number of nitrogens with one attached hydrogen (secondary N) is 1. The summed E-state index contributed by atoms with van der Waals surface area (Å²) in [4.78, 5) is 35.2. The van der Waals surface area contributed by atoms with E-state index in [1.165, 1.54) is 26.0 Å². The van der Waals surface area contributed by atoms with Crippen LogP contribution in [0.5, 0.6) is 11.5 Å². The number of carbonyl (C=O) groups excluding carboxylic acids is 3. The van der Waals surface area contributed by atoms with E-state index in [0.29, 0.717) is 11.3 Å². The molecule has 2 rings (SSSR count). The molecule has 0 aliphatic rings. The van der Waals surface area contributed by atoms with Crippen LogP contribution < -0.4 is 14.8 Å². The summed E-state index contributed by atoms with van der Waals surface area (Å²) >= 11 is 0. The van der Waals surface area contributed by atoms with Crippen LogP contribution in [-0.2, 0) is 14.3 Å². The van der Waals surface area contributed by atoms with Crippen molar-refractivity contribution in [3.8, 4) is 11.5 Å². The second kappa shape index (κ2) is 10.5. The van der Waals surface area contributed by atoms with Crippen LogP contribution in [0.3, 0.4) is 0 Å². The summed E-state index contributed by atoms with van der Waals surface area (Å²) in [6.45, 7) is 2.81. The predicted octanol–water partition coefficient (Wildman–Crippen LogP) is 4.13. The number of ketones is 1. The Morgan fingerprint density at radius 3 is 2.10 bits per heavy atom. The number of ether oxygens (including phenoxy) is 3. The van der Waals surface area contributed by atoms with Crippen molar-refractivity contribution in [1.82, 2.24) is 0 Å². The van der Waals surface area contributed by atoms with Crippen LogP contribution in [0.4, 0.5) is 18.9 Å². The van der Waals surface area contributed by atoms with Crippen molar-refractivity contribution in [2.45, 2.75) is 32.7 Å². The molecule has 1 amide bonds. The first-order valence-corrected chi connectivity index (χ1v) is 9.13. The van der Waals surface area contributed by atoms with Crippen molar-refractivity contribution in [2.24, 2.45) is 0 Å². The maximum absolute atomic E-state index is 12.1. The number of anilines is 1. The number of benzene rings is 2. The van der Waals surface area contributed by atoms with Crippen molar-refractivity contribution in [3.63, 3.8) is 0 Å². The highest BCUT2D eigenvalue weighted by Gasteiger charge is 2.31. The Labute approximate surface area is 176 Å². The van der Waals surface area contributed by atoms with Crippen LogP contribution in [0.15, 0.2) is 48.5 Å². The molecule has 0 spiro atoms. The summed E-state index contributed by atoms with van der Waals surface area (Å²) < 4.78 is 50.6. The molecule has 31 heavy (non-hydrogen) atoms. The molecule has 1 N–H and O–H groups in total. The van der Waals surface area contributed by atoms with E-state index < -0.39 is 30.1 Å². The SMILES string of the molecule is CC(=O)c1ccc(OCCC(=O)OC(C)C(=O)Nc2ccc(OC(F)(F)F)cc2)cc1. The van der Waals surface area contributed by atoms with Crippen LogP contribution in [0, 0.1) is 0 Å². The first-order valence-electron chi connectivity index (χ1n) is 9.13. The van der Waals surface area contributed by atoms with Gasteiger partial charge in [-0.1, -0.05) is 0 Å². The molecular weight excluding hydrogens is 419 g/mol. The Morgan fingerprint density at radius 1 is 0.968 bits per heavy atom. The molecule has 0 fully saturated rings. The molecular formula is C21H20F3NO6. The smallest absolute Gasteiger partial charge is 0.493 e. The zero-order valence-corrected chi connectivity index (χ0v) is 16.7. The van der Waals surface area contributed by atoms with Gasteiger partial charge in [0.05, 0.1) is 13.0 Å². The third kappa shape index (κ3) is 8.37. The molecule has 0 heterocycles. The monoisotopic (exact) mass is 439 g/mol. The number of halogens is 3. The number of hydrogen-bond donors (Lipinski definition) is 1. The number of alkyl halides is 3. The van der Waals surface area contributed by atoms with Crippen LogP contribution in [0.2, 0.25) is 0 Å². The summed E-state index contributed by atoms with van der Waals surface area (Å²) in [7, 11) is 0. The molecule has 0 saturated heterocycles. The number of hydrogen-bond acceptors (Lipinski definition) is 6. The van der Waals surface area contributed by atoms with Gasteiger partial charge in [-0.25, -0.2) is 0 Å². The minimum atomic E-state index is -4.81. The summed E-state index contributed by atoms with van der Waals surface area (Å²) in [5.41, 5.74) is 0.744. The molecule has 0 saturated carbocycles. The third-order valence-corrected chi connectivity index (χ3v) is 3.87. The summed E-state index contributed by atoms with van der Waals surface area (Å²) in [5.74, 6) is -1.36. The van der Waals surface area contributed by atoms with Gasteiger partial charge in [0.15, 0.2) is 11.9 Å². The highest BCUT2D eigenvalue weighted by atomic mass is 19.4. The van der Waals surface area contributed by atoms with Gasteiger partial charge in [0, 0.05) is 11.3 Å². The molecule has 0 aliphatic heterocycles. The molecule has 2 aromatic carbocycles. The number of rotatable bonds is 9. The van der Waals surface area contributed by atoms with Crippen LogP contribution in [0.1, 0.15) is 30.6 Å². The van der Waals surface area contributed by atoms with Crippen molar-refractivity contribution in [2.75, 3.05) is 11.9 Å². The molecule has 0 bridgehead atoms. The molecule has 0 radical (unpaired) electrons. The average molecular weight is 439 g/mol. The van der Waals surface area contributed by atoms with Crippen LogP contribution in [-0.4, -0.2) is 36.7 Å². The van der Waals surface area contributed by atoms with Crippen LogP contribution in [0.25, 0.3) is 0 Å². The normalized spacial score (nSPS) is 11.9. The van der Waals surface area contributed by atoms with Gasteiger partial charge >= 0.3 is 12.3 Å². The van der Waals surface area contributed by atoms with Gasteiger partial charge in [-0.2, -0.15) is 0 Å². The molecule has 0 aliphatic carbocycles. The van der Waals surface area contributed by atoms with Gasteiger partial charge in [-0.05, 0) is 62.4 Å². The third-order valence-electron chi connectivity index (χ3n) is 3.87. The summed E-state index contributed by atoms with van der Waals surface area (Å²) in [5, 5.41) is 2.42. The van der Waals surface area contributed by atoms with E-state index in [-0.39, 0.29) is 24.5 Å². The molecule has 1 atom stereocenters. The molecule has 1 unspecified atom stereocenters. The Bertz CT molecular complexity index is 910. The predicted molar refractivity (Wildman–Crippen MR) is 104 cm³/mol.